The van der Waals surface area contributed by atoms with E-state index in [1.807, 2.05) is 4.68 Å². The summed E-state index contributed by atoms with van der Waals surface area (Å²) < 4.78 is 7.26. The Hall–Kier alpha value is -1.89. The second kappa shape index (κ2) is 6.48. The molecule has 7 heteroatoms. The number of carbonyl (C=O) groups excluding carboxylic acids is 1. The van der Waals surface area contributed by atoms with Gasteiger partial charge in [0.1, 0.15) is 5.69 Å². The average molecular weight is 307 g/mol. The van der Waals surface area contributed by atoms with E-state index >= 15 is 0 Å². The number of aromatic nitrogens is 2. The van der Waals surface area contributed by atoms with E-state index in [4.69, 9.17) is 9.84 Å². The van der Waals surface area contributed by atoms with Crippen LogP contribution in [0.2, 0.25) is 0 Å². The third-order valence-electron chi connectivity index (χ3n) is 4.39. The molecular weight excluding hydrogens is 286 g/mol. The lowest BCUT2D eigenvalue weighted by atomic mass is 10.2. The monoisotopic (exact) mass is 307 g/mol. The van der Waals surface area contributed by atoms with Gasteiger partial charge >= 0.3 is 5.97 Å². The molecule has 1 unspecified atom stereocenters. The number of carboxylic acid groups (broad SMARTS) is 1. The van der Waals surface area contributed by atoms with E-state index in [2.05, 4.69) is 5.10 Å². The number of ether oxygens (including phenoxy) is 1. The molecule has 1 aliphatic carbocycles. The molecular formula is C15H21N3O4. The lowest BCUT2D eigenvalue weighted by Gasteiger charge is -2.32. The maximum absolute atomic E-state index is 12.7. The summed E-state index contributed by atoms with van der Waals surface area (Å²) in [5.74, 6) is -0.988. The van der Waals surface area contributed by atoms with E-state index in [0.29, 0.717) is 31.4 Å². The molecule has 1 aromatic heterocycles. The van der Waals surface area contributed by atoms with Gasteiger partial charge in [0.2, 0.25) is 0 Å². The third kappa shape index (κ3) is 3.14. The summed E-state index contributed by atoms with van der Waals surface area (Å²) in [5, 5.41) is 13.2. The van der Waals surface area contributed by atoms with Crippen LogP contribution in [0.4, 0.5) is 0 Å². The molecule has 1 atom stereocenters. The fraction of sp³-hybridized carbons (Fsp3) is 0.667. The highest BCUT2D eigenvalue weighted by molar-refractivity contribution is 5.92. The zero-order chi connectivity index (χ0) is 15.5. The van der Waals surface area contributed by atoms with E-state index in [1.165, 1.54) is 12.8 Å². The van der Waals surface area contributed by atoms with Crippen LogP contribution in [0.15, 0.2) is 12.3 Å². The van der Waals surface area contributed by atoms with Crippen LogP contribution in [0.25, 0.3) is 0 Å². The van der Waals surface area contributed by atoms with Crippen molar-refractivity contribution in [3.8, 4) is 0 Å². The molecule has 2 aliphatic rings. The quantitative estimate of drug-likeness (QED) is 0.906. The summed E-state index contributed by atoms with van der Waals surface area (Å²) >= 11 is 0. The van der Waals surface area contributed by atoms with E-state index in [-0.39, 0.29) is 12.3 Å². The van der Waals surface area contributed by atoms with Gasteiger partial charge in [-0.25, -0.2) is 0 Å². The van der Waals surface area contributed by atoms with Gasteiger partial charge in [-0.2, -0.15) is 5.10 Å². The van der Waals surface area contributed by atoms with Gasteiger partial charge in [-0.15, -0.1) is 0 Å². The highest BCUT2D eigenvalue weighted by Crippen LogP contribution is 2.30. The van der Waals surface area contributed by atoms with Gasteiger partial charge in [-0.3, -0.25) is 14.3 Å². The summed E-state index contributed by atoms with van der Waals surface area (Å²) in [7, 11) is 0. The lowest BCUT2D eigenvalue weighted by Crippen LogP contribution is -2.46. The minimum absolute atomic E-state index is 0.0777. The van der Waals surface area contributed by atoms with Crippen molar-refractivity contribution in [1.29, 1.82) is 0 Å². The molecule has 7 nitrogen and oxygen atoms in total. The zero-order valence-electron chi connectivity index (χ0n) is 12.5. The Labute approximate surface area is 128 Å². The van der Waals surface area contributed by atoms with Crippen molar-refractivity contribution in [3.05, 3.63) is 18.0 Å². The first-order chi connectivity index (χ1) is 10.6. The minimum Gasteiger partial charge on any atom is -0.481 e. The first-order valence-electron chi connectivity index (χ1n) is 7.81. The first-order valence-corrected chi connectivity index (χ1v) is 7.81. The van der Waals surface area contributed by atoms with E-state index < -0.39 is 12.1 Å². The number of rotatable bonds is 4. The average Bonchev–Trinajstić information content (AvgIpc) is 3.16. The fourth-order valence-corrected chi connectivity index (χ4v) is 3.31. The van der Waals surface area contributed by atoms with Crippen LogP contribution in [-0.2, 0) is 9.53 Å². The zero-order valence-corrected chi connectivity index (χ0v) is 12.5. The predicted molar refractivity (Wildman–Crippen MR) is 77.6 cm³/mol. The van der Waals surface area contributed by atoms with Gasteiger partial charge in [-0.1, -0.05) is 12.8 Å². The van der Waals surface area contributed by atoms with Crippen molar-refractivity contribution in [1.82, 2.24) is 14.7 Å². The Morgan fingerprint density at radius 2 is 2.14 bits per heavy atom. The Morgan fingerprint density at radius 1 is 1.36 bits per heavy atom. The van der Waals surface area contributed by atoms with Crippen LogP contribution in [-0.4, -0.2) is 57.5 Å². The molecule has 0 spiro atoms. The van der Waals surface area contributed by atoms with Gasteiger partial charge in [0, 0.05) is 19.3 Å². The number of amides is 1. The van der Waals surface area contributed by atoms with Crippen LogP contribution in [0.5, 0.6) is 0 Å². The van der Waals surface area contributed by atoms with Crippen LogP contribution >= 0.6 is 0 Å². The van der Waals surface area contributed by atoms with E-state index in [0.717, 1.165) is 12.8 Å². The van der Waals surface area contributed by atoms with E-state index in [9.17, 15) is 9.59 Å². The Bertz CT molecular complexity index is 551. The Morgan fingerprint density at radius 3 is 2.86 bits per heavy atom. The predicted octanol–water partition coefficient (Wildman–Crippen LogP) is 1.31. The van der Waals surface area contributed by atoms with Crippen molar-refractivity contribution >= 4 is 11.9 Å². The van der Waals surface area contributed by atoms with Gasteiger partial charge in [-0.05, 0) is 18.9 Å². The lowest BCUT2D eigenvalue weighted by molar-refractivity contribution is -0.141. The minimum atomic E-state index is -0.907. The molecule has 1 amide bonds. The van der Waals surface area contributed by atoms with Crippen molar-refractivity contribution in [2.45, 2.75) is 44.2 Å². The van der Waals surface area contributed by atoms with Crippen molar-refractivity contribution in [3.63, 3.8) is 0 Å². The normalized spacial score (nSPS) is 22.9. The summed E-state index contributed by atoms with van der Waals surface area (Å²) in [5.41, 5.74) is 0.600. The molecule has 1 saturated heterocycles. The van der Waals surface area contributed by atoms with Gasteiger partial charge in [0.05, 0.1) is 25.2 Å². The maximum Gasteiger partial charge on any atom is 0.306 e. The Kier molecular flexibility index (Phi) is 4.42. The topological polar surface area (TPSA) is 84.7 Å². The van der Waals surface area contributed by atoms with Crippen LogP contribution in [0, 0.1) is 0 Å². The van der Waals surface area contributed by atoms with Crippen LogP contribution < -0.4 is 0 Å². The smallest absolute Gasteiger partial charge is 0.306 e. The third-order valence-corrected chi connectivity index (χ3v) is 4.39. The summed E-state index contributed by atoms with van der Waals surface area (Å²) in [6.07, 6.45) is 5.64. The SMILES string of the molecule is O=C(O)CC1CN(C(=O)c2ccnn2C2CCCC2)CCO1. The van der Waals surface area contributed by atoms with Gasteiger partial charge in [0.25, 0.3) is 5.91 Å². The number of nitrogens with zero attached hydrogens (tertiary/aromatic N) is 3. The standard InChI is InChI=1S/C15H21N3O4/c19-14(20)9-12-10-17(7-8-22-12)15(21)13-5-6-16-18(13)11-3-1-2-4-11/h5-6,11-12H,1-4,7-10H2,(H,19,20). The molecule has 0 radical (unpaired) electrons. The maximum atomic E-state index is 12.7. The Balaban J connectivity index is 1.71. The molecule has 0 bridgehead atoms. The largest absolute Gasteiger partial charge is 0.481 e. The second-order valence-corrected chi connectivity index (χ2v) is 5.94. The van der Waals surface area contributed by atoms with Gasteiger partial charge < -0.3 is 14.7 Å². The molecule has 1 aromatic rings. The molecule has 22 heavy (non-hydrogen) atoms. The van der Waals surface area contributed by atoms with Gasteiger partial charge in [0.15, 0.2) is 0 Å². The molecule has 1 N–H and O–H groups in total. The highest BCUT2D eigenvalue weighted by Gasteiger charge is 2.30. The number of carboxylic acids is 1. The van der Waals surface area contributed by atoms with Crippen LogP contribution in [0.1, 0.15) is 48.6 Å². The first kappa shape index (κ1) is 15.0. The van der Waals surface area contributed by atoms with E-state index in [1.54, 1.807) is 17.2 Å². The van der Waals surface area contributed by atoms with Crippen molar-refractivity contribution < 1.29 is 19.4 Å². The molecule has 1 aliphatic heterocycles. The number of carbonyl (C=O) groups is 2. The molecule has 0 aromatic carbocycles. The molecule has 120 valence electrons. The molecule has 1 saturated carbocycles. The second-order valence-electron chi connectivity index (χ2n) is 5.94. The number of morpholine rings is 1. The van der Waals surface area contributed by atoms with Crippen LogP contribution in [0.3, 0.4) is 0 Å². The molecule has 2 heterocycles. The summed E-state index contributed by atoms with van der Waals surface area (Å²) in [6.45, 7) is 1.19. The van der Waals surface area contributed by atoms with Crippen molar-refractivity contribution in [2.75, 3.05) is 19.7 Å². The van der Waals surface area contributed by atoms with Crippen molar-refractivity contribution in [2.24, 2.45) is 0 Å². The summed E-state index contributed by atoms with van der Waals surface area (Å²) in [6, 6.07) is 2.06. The fourth-order valence-electron chi connectivity index (χ4n) is 3.31. The number of hydrogen-bond donors (Lipinski definition) is 1. The number of aliphatic carboxylic acids is 1. The number of hydrogen-bond acceptors (Lipinski definition) is 4. The molecule has 2 fully saturated rings. The molecule has 3 rings (SSSR count). The highest BCUT2D eigenvalue weighted by atomic mass is 16.5. The summed E-state index contributed by atoms with van der Waals surface area (Å²) in [4.78, 5) is 25.2.